The van der Waals surface area contributed by atoms with E-state index in [0.29, 0.717) is 4.90 Å². The lowest BCUT2D eigenvalue weighted by Gasteiger charge is -2.23. The lowest BCUT2D eigenvalue weighted by atomic mass is 9.93. The zero-order valence-corrected chi connectivity index (χ0v) is 13.4. The van der Waals surface area contributed by atoms with Gasteiger partial charge in [0.15, 0.2) is 9.84 Å². The molecule has 0 unspecified atom stereocenters. The summed E-state index contributed by atoms with van der Waals surface area (Å²) >= 11 is 0. The van der Waals surface area contributed by atoms with Crippen molar-refractivity contribution in [3.63, 3.8) is 0 Å². The highest BCUT2D eigenvalue weighted by atomic mass is 32.2. The van der Waals surface area contributed by atoms with Gasteiger partial charge < -0.3 is 10.7 Å². The van der Waals surface area contributed by atoms with E-state index in [1.807, 2.05) is 13.8 Å². The SMILES string of the molecule is CCC(N)(CC)c1ncc(-c2ccc(S(C)(=O)=O)cc2)[nH]1. The molecule has 0 aliphatic carbocycles. The molecule has 0 atom stereocenters. The van der Waals surface area contributed by atoms with Crippen LogP contribution in [0, 0.1) is 0 Å². The number of nitrogens with one attached hydrogen (secondary N) is 1. The maximum atomic E-state index is 11.5. The Morgan fingerprint density at radius 2 is 1.76 bits per heavy atom. The molecule has 0 saturated carbocycles. The van der Waals surface area contributed by atoms with Crippen molar-refractivity contribution in [2.75, 3.05) is 6.26 Å². The molecule has 1 aromatic heterocycles. The van der Waals surface area contributed by atoms with Crippen LogP contribution in [0.3, 0.4) is 0 Å². The number of sulfone groups is 1. The number of nitrogens with zero attached hydrogens (tertiary/aromatic N) is 1. The Labute approximate surface area is 125 Å². The second-order valence-corrected chi connectivity index (χ2v) is 7.32. The molecule has 21 heavy (non-hydrogen) atoms. The van der Waals surface area contributed by atoms with Crippen LogP contribution in [-0.2, 0) is 15.4 Å². The van der Waals surface area contributed by atoms with Crippen molar-refractivity contribution in [1.29, 1.82) is 0 Å². The minimum Gasteiger partial charge on any atom is -0.340 e. The minimum atomic E-state index is -3.17. The van der Waals surface area contributed by atoms with Crippen molar-refractivity contribution in [2.24, 2.45) is 5.73 Å². The van der Waals surface area contributed by atoms with Gasteiger partial charge in [-0.05, 0) is 30.5 Å². The fourth-order valence-electron chi connectivity index (χ4n) is 2.19. The fraction of sp³-hybridized carbons (Fsp3) is 0.400. The van der Waals surface area contributed by atoms with Gasteiger partial charge in [-0.1, -0.05) is 26.0 Å². The number of aromatic nitrogens is 2. The van der Waals surface area contributed by atoms with Crippen LogP contribution in [0.25, 0.3) is 11.3 Å². The molecule has 0 fully saturated rings. The van der Waals surface area contributed by atoms with E-state index in [0.717, 1.165) is 29.9 Å². The molecule has 5 nitrogen and oxygen atoms in total. The van der Waals surface area contributed by atoms with E-state index in [-0.39, 0.29) is 0 Å². The lowest BCUT2D eigenvalue weighted by molar-refractivity contribution is 0.391. The van der Waals surface area contributed by atoms with Crippen molar-refractivity contribution in [1.82, 2.24) is 9.97 Å². The predicted octanol–water partition coefficient (Wildman–Crippen LogP) is 2.45. The predicted molar refractivity (Wildman–Crippen MR) is 83.6 cm³/mol. The van der Waals surface area contributed by atoms with Crippen LogP contribution in [0.15, 0.2) is 35.4 Å². The molecule has 114 valence electrons. The molecular formula is C15H21N3O2S. The van der Waals surface area contributed by atoms with Crippen LogP contribution < -0.4 is 5.73 Å². The van der Waals surface area contributed by atoms with E-state index in [2.05, 4.69) is 9.97 Å². The maximum Gasteiger partial charge on any atom is 0.175 e. The molecule has 0 saturated heterocycles. The molecule has 3 N–H and O–H groups in total. The largest absolute Gasteiger partial charge is 0.340 e. The Hall–Kier alpha value is -1.66. The lowest BCUT2D eigenvalue weighted by Crippen LogP contribution is -2.36. The van der Waals surface area contributed by atoms with Crippen molar-refractivity contribution >= 4 is 9.84 Å². The van der Waals surface area contributed by atoms with Gasteiger partial charge in [-0.15, -0.1) is 0 Å². The number of benzene rings is 1. The standard InChI is InChI=1S/C15H21N3O2S/c1-4-15(16,5-2)14-17-10-13(18-14)11-6-8-12(9-7-11)21(3,19)20/h6-10H,4-5,16H2,1-3H3,(H,17,18). The molecule has 1 heterocycles. The number of hydrogen-bond donors (Lipinski definition) is 2. The Balaban J connectivity index is 2.34. The number of H-pyrrole nitrogens is 1. The van der Waals surface area contributed by atoms with Gasteiger partial charge in [0.25, 0.3) is 0 Å². The summed E-state index contributed by atoms with van der Waals surface area (Å²) in [7, 11) is -3.17. The molecule has 6 heteroatoms. The van der Waals surface area contributed by atoms with E-state index >= 15 is 0 Å². The number of aromatic amines is 1. The number of hydrogen-bond acceptors (Lipinski definition) is 4. The summed E-state index contributed by atoms with van der Waals surface area (Å²) in [5, 5.41) is 0. The summed E-state index contributed by atoms with van der Waals surface area (Å²) in [6.45, 7) is 4.07. The van der Waals surface area contributed by atoms with Gasteiger partial charge in [0.2, 0.25) is 0 Å². The molecule has 2 aromatic rings. The smallest absolute Gasteiger partial charge is 0.175 e. The molecule has 0 bridgehead atoms. The zero-order valence-electron chi connectivity index (χ0n) is 12.6. The molecular weight excluding hydrogens is 286 g/mol. The molecule has 1 aromatic carbocycles. The van der Waals surface area contributed by atoms with Crippen LogP contribution in [-0.4, -0.2) is 24.6 Å². The summed E-state index contributed by atoms with van der Waals surface area (Å²) in [6, 6.07) is 6.73. The van der Waals surface area contributed by atoms with Gasteiger partial charge in [0.1, 0.15) is 5.82 Å². The first kappa shape index (κ1) is 15.7. The number of rotatable bonds is 5. The third-order valence-corrected chi connectivity index (χ3v) is 5.03. The van der Waals surface area contributed by atoms with E-state index in [9.17, 15) is 8.42 Å². The Kier molecular flexibility index (Phi) is 4.20. The second-order valence-electron chi connectivity index (χ2n) is 5.31. The van der Waals surface area contributed by atoms with Gasteiger partial charge in [0, 0.05) is 6.26 Å². The van der Waals surface area contributed by atoms with Gasteiger partial charge >= 0.3 is 0 Å². The number of nitrogens with two attached hydrogens (primary N) is 1. The first-order valence-electron chi connectivity index (χ1n) is 6.95. The summed E-state index contributed by atoms with van der Waals surface area (Å²) < 4.78 is 22.9. The summed E-state index contributed by atoms with van der Waals surface area (Å²) in [6.07, 6.45) is 4.52. The van der Waals surface area contributed by atoms with Crippen LogP contribution in [0.5, 0.6) is 0 Å². The highest BCUT2D eigenvalue weighted by Crippen LogP contribution is 2.26. The molecule has 0 amide bonds. The van der Waals surface area contributed by atoms with Crippen LogP contribution in [0.4, 0.5) is 0 Å². The van der Waals surface area contributed by atoms with Crippen molar-refractivity contribution in [3.05, 3.63) is 36.3 Å². The van der Waals surface area contributed by atoms with E-state index in [4.69, 9.17) is 5.73 Å². The highest BCUT2D eigenvalue weighted by molar-refractivity contribution is 7.90. The zero-order chi connectivity index (χ0) is 15.7. The maximum absolute atomic E-state index is 11.5. The van der Waals surface area contributed by atoms with Crippen molar-refractivity contribution in [2.45, 2.75) is 37.1 Å². The van der Waals surface area contributed by atoms with Crippen molar-refractivity contribution in [3.8, 4) is 11.3 Å². The Bertz CT molecular complexity index is 714. The van der Waals surface area contributed by atoms with Crippen LogP contribution in [0.1, 0.15) is 32.5 Å². The van der Waals surface area contributed by atoms with E-state index in [1.54, 1.807) is 30.5 Å². The second kappa shape index (κ2) is 5.61. The first-order valence-corrected chi connectivity index (χ1v) is 8.84. The average Bonchev–Trinajstić information content (AvgIpc) is 2.96. The monoisotopic (exact) mass is 307 g/mol. The summed E-state index contributed by atoms with van der Waals surface area (Å²) in [4.78, 5) is 7.93. The summed E-state index contributed by atoms with van der Waals surface area (Å²) in [5.74, 6) is 0.759. The first-order chi connectivity index (χ1) is 9.80. The van der Waals surface area contributed by atoms with Gasteiger partial charge in [-0.3, -0.25) is 0 Å². The average molecular weight is 307 g/mol. The molecule has 0 spiro atoms. The Morgan fingerprint density at radius 1 is 1.19 bits per heavy atom. The molecule has 0 aliphatic rings. The van der Waals surface area contributed by atoms with Gasteiger partial charge in [0.05, 0.1) is 22.3 Å². The van der Waals surface area contributed by atoms with Crippen LogP contribution >= 0.6 is 0 Å². The quantitative estimate of drug-likeness (QED) is 0.888. The highest BCUT2D eigenvalue weighted by Gasteiger charge is 2.26. The third kappa shape index (κ3) is 3.16. The third-order valence-electron chi connectivity index (χ3n) is 3.90. The topological polar surface area (TPSA) is 88.8 Å². The normalized spacial score (nSPS) is 12.6. The molecule has 2 rings (SSSR count). The van der Waals surface area contributed by atoms with E-state index in [1.165, 1.54) is 6.26 Å². The minimum absolute atomic E-state index is 0.307. The summed E-state index contributed by atoms with van der Waals surface area (Å²) in [5.41, 5.74) is 7.58. The molecule has 0 radical (unpaired) electrons. The number of imidazole rings is 1. The van der Waals surface area contributed by atoms with E-state index < -0.39 is 15.4 Å². The van der Waals surface area contributed by atoms with Gasteiger partial charge in [-0.25, -0.2) is 13.4 Å². The van der Waals surface area contributed by atoms with Crippen molar-refractivity contribution < 1.29 is 8.42 Å². The fourth-order valence-corrected chi connectivity index (χ4v) is 2.82. The molecule has 0 aliphatic heterocycles. The Morgan fingerprint density at radius 3 is 2.24 bits per heavy atom. The van der Waals surface area contributed by atoms with Crippen LogP contribution in [0.2, 0.25) is 0 Å². The van der Waals surface area contributed by atoms with Gasteiger partial charge in [-0.2, -0.15) is 0 Å².